The molecule has 2 aromatic carbocycles. The molecule has 0 bridgehead atoms. The third kappa shape index (κ3) is 5.67. The molecule has 13 nitrogen and oxygen atoms in total. The molecule has 1 aliphatic heterocycles. The van der Waals surface area contributed by atoms with Crippen LogP contribution in [0.4, 0.5) is 13.6 Å². The van der Waals surface area contributed by atoms with Gasteiger partial charge in [-0.2, -0.15) is 5.10 Å². The Bertz CT molecular complexity index is 2560. The van der Waals surface area contributed by atoms with Gasteiger partial charge >= 0.3 is 11.8 Å². The van der Waals surface area contributed by atoms with Gasteiger partial charge in [-0.05, 0) is 94.1 Å². The number of aromatic nitrogens is 6. The second-order valence-electron chi connectivity index (χ2n) is 13.9. The number of carbonyl (C=O) groups excluding carboxylic acids is 1. The van der Waals surface area contributed by atoms with Crippen molar-refractivity contribution in [1.82, 2.24) is 39.1 Å². The molecule has 2 amide bonds. The highest BCUT2D eigenvalue weighted by molar-refractivity contribution is 6.04. The molecule has 0 aliphatic carbocycles. The van der Waals surface area contributed by atoms with Gasteiger partial charge in [0, 0.05) is 53.6 Å². The lowest BCUT2D eigenvalue weighted by Gasteiger charge is -2.37. The highest BCUT2D eigenvalue weighted by atomic mass is 19.1. The normalized spacial score (nSPS) is 15.3. The van der Waals surface area contributed by atoms with Crippen molar-refractivity contribution in [3.05, 3.63) is 117 Å². The van der Waals surface area contributed by atoms with E-state index in [-0.39, 0.29) is 36.0 Å². The van der Waals surface area contributed by atoms with Crippen molar-refractivity contribution in [1.29, 1.82) is 5.41 Å². The minimum Gasteiger partial charge on any atom is -0.465 e. The van der Waals surface area contributed by atoms with E-state index in [4.69, 9.17) is 10.5 Å². The number of rotatable bonds is 7. The molecule has 0 saturated heterocycles. The van der Waals surface area contributed by atoms with E-state index in [1.165, 1.54) is 17.0 Å². The number of fused-ring (bicyclic) bond motifs is 2. The van der Waals surface area contributed by atoms with Crippen LogP contribution in [0.15, 0.2) is 65.8 Å². The summed E-state index contributed by atoms with van der Waals surface area (Å²) in [4.78, 5) is 48.3. The molecule has 278 valence electrons. The first kappa shape index (κ1) is 36.0. The quantitative estimate of drug-likeness (QED) is 0.105. The van der Waals surface area contributed by atoms with Crippen LogP contribution >= 0.6 is 0 Å². The van der Waals surface area contributed by atoms with Gasteiger partial charge in [0.15, 0.2) is 5.82 Å². The number of aryl methyl sites for hydroxylation is 3. The summed E-state index contributed by atoms with van der Waals surface area (Å²) in [5.74, 6) is -1.15. The summed E-state index contributed by atoms with van der Waals surface area (Å²) in [5, 5.41) is 26.1. The first-order valence-corrected chi connectivity index (χ1v) is 17.5. The number of H-pyrrole nitrogens is 1. The van der Waals surface area contributed by atoms with Crippen LogP contribution < -0.4 is 11.0 Å². The van der Waals surface area contributed by atoms with E-state index in [0.29, 0.717) is 62.3 Å². The molecule has 54 heavy (non-hydrogen) atoms. The van der Waals surface area contributed by atoms with Crippen LogP contribution in [0.5, 0.6) is 0 Å². The summed E-state index contributed by atoms with van der Waals surface area (Å²) in [5.41, 5.74) is 2.75. The minimum absolute atomic E-state index is 0.183. The van der Waals surface area contributed by atoms with Gasteiger partial charge in [0.1, 0.15) is 23.2 Å². The van der Waals surface area contributed by atoms with E-state index in [1.54, 1.807) is 97.4 Å². The highest BCUT2D eigenvalue weighted by Gasteiger charge is 2.40. The van der Waals surface area contributed by atoms with E-state index >= 15 is 9.18 Å². The van der Waals surface area contributed by atoms with E-state index in [1.807, 2.05) is 6.92 Å². The average Bonchev–Trinajstić information content (AvgIpc) is 3.85. The van der Waals surface area contributed by atoms with Crippen molar-refractivity contribution in [2.45, 2.75) is 66.0 Å². The van der Waals surface area contributed by atoms with Gasteiger partial charge in [-0.25, -0.2) is 23.1 Å². The van der Waals surface area contributed by atoms with Crippen LogP contribution in [0.1, 0.15) is 71.8 Å². The number of aromatic amines is 1. The van der Waals surface area contributed by atoms with Crippen LogP contribution in [0.2, 0.25) is 0 Å². The Hall–Kier alpha value is -6.38. The minimum atomic E-state index is -1.41. The van der Waals surface area contributed by atoms with Crippen molar-refractivity contribution in [3.63, 3.8) is 0 Å². The Morgan fingerprint density at radius 1 is 1.09 bits per heavy atom. The number of halogens is 2. The monoisotopic (exact) mass is 735 g/mol. The third-order valence-electron chi connectivity index (χ3n) is 10.6. The SMILES string of the molecule is CC[C@](C)(C(=N)NC(=O)O)n1c(C(=O)N2CCc3nn(-c4cc(C)c(F)c(C)c4)c(-n4cc[nH]c4=O)c3[C@@H]2C)cc2cc(-c3ccnc(C)c3F)ccc21. The van der Waals surface area contributed by atoms with Crippen LogP contribution in [0, 0.1) is 37.8 Å². The molecule has 1 aliphatic rings. The lowest BCUT2D eigenvalue weighted by Crippen LogP contribution is -2.49. The molecular formula is C39H39F2N9O4. The fourth-order valence-corrected chi connectivity index (χ4v) is 7.55. The Kier molecular flexibility index (Phi) is 8.82. The third-order valence-corrected chi connectivity index (χ3v) is 10.6. The maximum absolute atomic E-state index is 15.2. The number of amides is 2. The first-order chi connectivity index (χ1) is 25.7. The maximum Gasteiger partial charge on any atom is 0.410 e. The van der Waals surface area contributed by atoms with Crippen molar-refractivity contribution in [2.75, 3.05) is 6.54 Å². The molecule has 0 radical (unpaired) electrons. The average molecular weight is 736 g/mol. The van der Waals surface area contributed by atoms with Crippen LogP contribution in [0.3, 0.4) is 0 Å². The number of imidazole rings is 1. The molecule has 0 fully saturated rings. The molecule has 15 heteroatoms. The molecule has 0 saturated carbocycles. The molecule has 4 N–H and O–H groups in total. The number of nitrogens with one attached hydrogen (secondary N) is 3. The largest absolute Gasteiger partial charge is 0.465 e. The molecule has 5 heterocycles. The Morgan fingerprint density at radius 2 is 1.81 bits per heavy atom. The second-order valence-corrected chi connectivity index (χ2v) is 13.9. The molecule has 6 aromatic rings. The van der Waals surface area contributed by atoms with Gasteiger partial charge < -0.3 is 19.6 Å². The fourth-order valence-electron chi connectivity index (χ4n) is 7.55. The first-order valence-electron chi connectivity index (χ1n) is 17.5. The van der Waals surface area contributed by atoms with Crippen molar-refractivity contribution in [2.24, 2.45) is 0 Å². The molecule has 0 unspecified atom stereocenters. The zero-order valence-electron chi connectivity index (χ0n) is 30.6. The summed E-state index contributed by atoms with van der Waals surface area (Å²) >= 11 is 0. The fraction of sp³-hybridized carbons (Fsp3) is 0.282. The number of benzene rings is 2. The summed E-state index contributed by atoms with van der Waals surface area (Å²) in [6, 6.07) is 11.2. The Morgan fingerprint density at radius 3 is 2.46 bits per heavy atom. The number of hydrogen-bond acceptors (Lipinski definition) is 6. The number of amidine groups is 1. The van der Waals surface area contributed by atoms with Gasteiger partial charge in [-0.15, -0.1) is 0 Å². The standard InChI is InChI=1S/C39H39F2N9O4/c1-7-39(6,36(42)45-38(53)54)49-29-9-8-24(27-10-12-43-22(4)33(27)41)18-25(29)19-30(49)35(51)47-14-11-28-31(23(47)5)34(48-15-13-44-37(48)52)50(46-28)26-16-20(2)32(40)21(3)17-26/h8-10,12-13,15-19,23H,7,11,14H2,1-6H3,(H2,42,45)(H,44,52)(H,53,54)/t23-,39+/m0/s1. The van der Waals surface area contributed by atoms with E-state index in [9.17, 15) is 19.1 Å². The summed E-state index contributed by atoms with van der Waals surface area (Å²) < 4.78 is 34.7. The Balaban J connectivity index is 1.40. The highest BCUT2D eigenvalue weighted by Crippen LogP contribution is 2.39. The van der Waals surface area contributed by atoms with Crippen molar-refractivity contribution >= 4 is 28.7 Å². The molecule has 2 atom stereocenters. The zero-order valence-corrected chi connectivity index (χ0v) is 30.6. The van der Waals surface area contributed by atoms with Crippen molar-refractivity contribution in [3.8, 4) is 22.6 Å². The lowest BCUT2D eigenvalue weighted by atomic mass is 9.95. The summed E-state index contributed by atoms with van der Waals surface area (Å²) in [7, 11) is 0. The van der Waals surface area contributed by atoms with E-state index < -0.39 is 35.1 Å². The smallest absolute Gasteiger partial charge is 0.410 e. The molecule has 7 rings (SSSR count). The predicted octanol–water partition coefficient (Wildman–Crippen LogP) is 6.70. The Labute approximate surface area is 308 Å². The second kappa shape index (κ2) is 13.2. The zero-order chi connectivity index (χ0) is 38.8. The van der Waals surface area contributed by atoms with Gasteiger partial charge in [-0.3, -0.25) is 25.1 Å². The predicted molar refractivity (Wildman–Crippen MR) is 199 cm³/mol. The lowest BCUT2D eigenvalue weighted by molar-refractivity contribution is 0.0662. The number of carboxylic acid groups (broad SMARTS) is 1. The topological polar surface area (TPSA) is 167 Å². The molecule has 4 aromatic heterocycles. The molecular weight excluding hydrogens is 696 g/mol. The molecule has 0 spiro atoms. The van der Waals surface area contributed by atoms with Crippen LogP contribution in [-0.4, -0.2) is 63.3 Å². The number of hydrogen-bond donors (Lipinski definition) is 4. The number of nitrogens with zero attached hydrogens (tertiary/aromatic N) is 6. The number of pyridine rings is 1. The number of carbonyl (C=O) groups is 2. The maximum atomic E-state index is 15.2. The van der Waals surface area contributed by atoms with Gasteiger partial charge in [-0.1, -0.05) is 13.0 Å². The van der Waals surface area contributed by atoms with Gasteiger partial charge in [0.2, 0.25) is 0 Å². The van der Waals surface area contributed by atoms with Crippen molar-refractivity contribution < 1.29 is 23.5 Å². The van der Waals surface area contributed by atoms with Gasteiger partial charge in [0.05, 0.1) is 28.7 Å². The van der Waals surface area contributed by atoms with E-state index in [0.717, 1.165) is 0 Å². The van der Waals surface area contributed by atoms with Crippen LogP contribution in [-0.2, 0) is 12.0 Å². The summed E-state index contributed by atoms with van der Waals surface area (Å²) in [6.07, 6.45) is 3.75. The van der Waals surface area contributed by atoms with E-state index in [2.05, 4.69) is 15.3 Å². The van der Waals surface area contributed by atoms with Crippen LogP contribution in [0.25, 0.3) is 33.5 Å². The summed E-state index contributed by atoms with van der Waals surface area (Å²) in [6.45, 7) is 10.5. The van der Waals surface area contributed by atoms with Gasteiger partial charge in [0.25, 0.3) is 5.91 Å².